The van der Waals surface area contributed by atoms with Crippen molar-refractivity contribution in [2.45, 2.75) is 39.0 Å². The number of rotatable bonds is 6. The van der Waals surface area contributed by atoms with Gasteiger partial charge in [-0.1, -0.05) is 38.3 Å². The lowest BCUT2D eigenvalue weighted by Gasteiger charge is -2.03. The van der Waals surface area contributed by atoms with Gasteiger partial charge in [0, 0.05) is 5.69 Å². The molecule has 0 unspecified atom stereocenters. The van der Waals surface area contributed by atoms with E-state index in [2.05, 4.69) is 12.2 Å². The summed E-state index contributed by atoms with van der Waals surface area (Å²) in [5, 5.41) is 10.9. The number of carbonyl (C=O) groups is 1. The largest absolute Gasteiger partial charge is 0.465 e. The zero-order valence-corrected chi connectivity index (χ0v) is 9.70. The molecule has 0 aliphatic rings. The SMILES string of the molecule is CCCCCCc1ccc(NC(=O)O)cc1. The van der Waals surface area contributed by atoms with Crippen molar-refractivity contribution in [2.75, 3.05) is 5.32 Å². The first kappa shape index (κ1) is 12.6. The Morgan fingerprint density at radius 3 is 2.44 bits per heavy atom. The van der Waals surface area contributed by atoms with Gasteiger partial charge in [-0.2, -0.15) is 0 Å². The Kier molecular flexibility index (Phi) is 5.40. The minimum absolute atomic E-state index is 0.629. The van der Waals surface area contributed by atoms with Gasteiger partial charge in [0.2, 0.25) is 0 Å². The summed E-state index contributed by atoms with van der Waals surface area (Å²) in [5.74, 6) is 0. The molecule has 0 atom stereocenters. The molecule has 2 N–H and O–H groups in total. The van der Waals surface area contributed by atoms with E-state index in [0.29, 0.717) is 5.69 Å². The third-order valence-electron chi connectivity index (χ3n) is 2.52. The number of amides is 1. The lowest BCUT2D eigenvalue weighted by molar-refractivity contribution is 0.210. The smallest absolute Gasteiger partial charge is 0.409 e. The van der Waals surface area contributed by atoms with Gasteiger partial charge >= 0.3 is 6.09 Å². The minimum atomic E-state index is -1.02. The van der Waals surface area contributed by atoms with E-state index in [1.54, 1.807) is 0 Å². The lowest BCUT2D eigenvalue weighted by Crippen LogP contribution is -2.06. The van der Waals surface area contributed by atoms with Crippen LogP contribution < -0.4 is 5.32 Å². The highest BCUT2D eigenvalue weighted by Gasteiger charge is 1.98. The monoisotopic (exact) mass is 221 g/mol. The summed E-state index contributed by atoms with van der Waals surface area (Å²) in [5.41, 5.74) is 1.90. The van der Waals surface area contributed by atoms with Gasteiger partial charge in [0.1, 0.15) is 0 Å². The quantitative estimate of drug-likeness (QED) is 0.716. The van der Waals surface area contributed by atoms with Crippen molar-refractivity contribution in [1.82, 2.24) is 0 Å². The van der Waals surface area contributed by atoms with Crippen LogP contribution in [-0.4, -0.2) is 11.2 Å². The molecule has 0 fully saturated rings. The molecule has 16 heavy (non-hydrogen) atoms. The van der Waals surface area contributed by atoms with Gasteiger partial charge in [0.25, 0.3) is 0 Å². The molecular formula is C13H19NO2. The second-order valence-electron chi connectivity index (χ2n) is 3.94. The predicted octanol–water partition coefficient (Wildman–Crippen LogP) is 3.90. The molecule has 3 nitrogen and oxygen atoms in total. The number of anilines is 1. The summed E-state index contributed by atoms with van der Waals surface area (Å²) in [7, 11) is 0. The zero-order valence-electron chi connectivity index (χ0n) is 9.70. The van der Waals surface area contributed by atoms with E-state index in [1.807, 2.05) is 24.3 Å². The maximum Gasteiger partial charge on any atom is 0.409 e. The van der Waals surface area contributed by atoms with E-state index in [4.69, 9.17) is 5.11 Å². The van der Waals surface area contributed by atoms with Crippen molar-refractivity contribution in [2.24, 2.45) is 0 Å². The Labute approximate surface area is 96.5 Å². The van der Waals surface area contributed by atoms with Crippen LogP contribution in [0.5, 0.6) is 0 Å². The number of benzene rings is 1. The molecule has 1 aromatic carbocycles. The van der Waals surface area contributed by atoms with Gasteiger partial charge in [-0.3, -0.25) is 5.32 Å². The van der Waals surface area contributed by atoms with E-state index in [1.165, 1.54) is 31.2 Å². The summed E-state index contributed by atoms with van der Waals surface area (Å²) in [4.78, 5) is 10.4. The van der Waals surface area contributed by atoms with E-state index in [9.17, 15) is 4.79 Å². The molecule has 0 saturated heterocycles. The first-order chi connectivity index (χ1) is 7.72. The highest BCUT2D eigenvalue weighted by Crippen LogP contribution is 2.12. The Hall–Kier alpha value is -1.51. The summed E-state index contributed by atoms with van der Waals surface area (Å²) >= 11 is 0. The molecule has 0 bridgehead atoms. The highest BCUT2D eigenvalue weighted by molar-refractivity contribution is 5.82. The fourth-order valence-electron chi connectivity index (χ4n) is 1.63. The van der Waals surface area contributed by atoms with Crippen molar-refractivity contribution in [3.63, 3.8) is 0 Å². The minimum Gasteiger partial charge on any atom is -0.465 e. The number of hydrogen-bond donors (Lipinski definition) is 2. The fraction of sp³-hybridized carbons (Fsp3) is 0.462. The summed E-state index contributed by atoms with van der Waals surface area (Å²) in [6.45, 7) is 2.20. The fourth-order valence-corrected chi connectivity index (χ4v) is 1.63. The van der Waals surface area contributed by atoms with Crippen molar-refractivity contribution >= 4 is 11.8 Å². The average molecular weight is 221 g/mol. The molecule has 1 amide bonds. The number of aryl methyl sites for hydroxylation is 1. The number of hydrogen-bond acceptors (Lipinski definition) is 1. The topological polar surface area (TPSA) is 49.3 Å². The van der Waals surface area contributed by atoms with Crippen LogP contribution in [0.25, 0.3) is 0 Å². The summed E-state index contributed by atoms with van der Waals surface area (Å²) in [6, 6.07) is 7.58. The van der Waals surface area contributed by atoms with Crippen LogP contribution in [0.3, 0.4) is 0 Å². The van der Waals surface area contributed by atoms with E-state index >= 15 is 0 Å². The molecule has 1 rings (SSSR count). The first-order valence-corrected chi connectivity index (χ1v) is 5.81. The second-order valence-corrected chi connectivity index (χ2v) is 3.94. The van der Waals surface area contributed by atoms with Crippen LogP contribution in [-0.2, 0) is 6.42 Å². The molecule has 0 heterocycles. The van der Waals surface area contributed by atoms with Crippen LogP contribution in [0.2, 0.25) is 0 Å². The summed E-state index contributed by atoms with van der Waals surface area (Å²) in [6.07, 6.45) is 5.08. The number of carboxylic acid groups (broad SMARTS) is 1. The molecule has 0 aromatic heterocycles. The molecule has 0 aliphatic heterocycles. The van der Waals surface area contributed by atoms with Gasteiger partial charge in [0.05, 0.1) is 0 Å². The molecule has 0 spiro atoms. The first-order valence-electron chi connectivity index (χ1n) is 5.81. The third-order valence-corrected chi connectivity index (χ3v) is 2.52. The highest BCUT2D eigenvalue weighted by atomic mass is 16.4. The Bertz CT molecular complexity index is 319. The van der Waals surface area contributed by atoms with Crippen LogP contribution >= 0.6 is 0 Å². The lowest BCUT2D eigenvalue weighted by atomic mass is 10.1. The van der Waals surface area contributed by atoms with Gasteiger partial charge in [0.15, 0.2) is 0 Å². The van der Waals surface area contributed by atoms with Crippen LogP contribution in [0, 0.1) is 0 Å². The maximum atomic E-state index is 10.4. The zero-order chi connectivity index (χ0) is 11.8. The van der Waals surface area contributed by atoms with Crippen molar-refractivity contribution in [1.29, 1.82) is 0 Å². The molecule has 88 valence electrons. The Balaban J connectivity index is 2.36. The van der Waals surface area contributed by atoms with E-state index in [0.717, 1.165) is 6.42 Å². The Morgan fingerprint density at radius 2 is 1.88 bits per heavy atom. The average Bonchev–Trinajstić information content (AvgIpc) is 2.26. The standard InChI is InChI=1S/C13H19NO2/c1-2-3-4-5-6-11-7-9-12(10-8-11)14-13(15)16/h7-10,14H,2-6H2,1H3,(H,15,16). The normalized spacial score (nSPS) is 10.1. The maximum absolute atomic E-state index is 10.4. The third kappa shape index (κ3) is 4.82. The van der Waals surface area contributed by atoms with Crippen LogP contribution in [0.15, 0.2) is 24.3 Å². The van der Waals surface area contributed by atoms with Gasteiger partial charge < -0.3 is 5.11 Å². The van der Waals surface area contributed by atoms with Gasteiger partial charge in [-0.25, -0.2) is 4.79 Å². The molecule has 0 aliphatic carbocycles. The summed E-state index contributed by atoms with van der Waals surface area (Å²) < 4.78 is 0. The molecule has 1 aromatic rings. The van der Waals surface area contributed by atoms with Gasteiger partial charge in [-0.15, -0.1) is 0 Å². The molecule has 3 heteroatoms. The van der Waals surface area contributed by atoms with Crippen molar-refractivity contribution in [3.8, 4) is 0 Å². The molecule has 0 radical (unpaired) electrons. The molecular weight excluding hydrogens is 202 g/mol. The van der Waals surface area contributed by atoms with E-state index < -0.39 is 6.09 Å². The van der Waals surface area contributed by atoms with E-state index in [-0.39, 0.29) is 0 Å². The molecule has 0 saturated carbocycles. The predicted molar refractivity (Wildman–Crippen MR) is 65.9 cm³/mol. The second kappa shape index (κ2) is 6.88. The number of nitrogens with one attached hydrogen (secondary N) is 1. The van der Waals surface area contributed by atoms with Crippen molar-refractivity contribution in [3.05, 3.63) is 29.8 Å². The van der Waals surface area contributed by atoms with Crippen LogP contribution in [0.4, 0.5) is 10.5 Å². The van der Waals surface area contributed by atoms with Crippen molar-refractivity contribution < 1.29 is 9.90 Å². The van der Waals surface area contributed by atoms with Crippen LogP contribution in [0.1, 0.15) is 38.2 Å². The van der Waals surface area contributed by atoms with Gasteiger partial charge in [-0.05, 0) is 30.5 Å². The number of unbranched alkanes of at least 4 members (excludes halogenated alkanes) is 3. The Morgan fingerprint density at radius 1 is 1.19 bits per heavy atom.